The quantitative estimate of drug-likeness (QED) is 0.788. The topological polar surface area (TPSA) is 49.9 Å². The Morgan fingerprint density at radius 3 is 2.12 bits per heavy atom. The van der Waals surface area contributed by atoms with Crippen LogP contribution >= 0.6 is 15.9 Å². The van der Waals surface area contributed by atoms with Crippen LogP contribution in [0.25, 0.3) is 0 Å². The Balaban J connectivity index is 1.48. The largest absolute Gasteiger partial charge is 0.445 e. The number of carbonyl (C=O) groups is 2. The predicted molar refractivity (Wildman–Crippen MR) is 98.2 cm³/mol. The SMILES string of the molecule is O=C(OCc1ccccc1)N1CCN(C(=O)c2ccc(Br)cc2)CC1. The molecule has 0 aliphatic carbocycles. The smallest absolute Gasteiger partial charge is 0.410 e. The van der Waals surface area contributed by atoms with Crippen LogP contribution in [-0.4, -0.2) is 48.0 Å². The molecule has 1 heterocycles. The summed E-state index contributed by atoms with van der Waals surface area (Å²) in [6, 6.07) is 16.9. The molecule has 0 bridgehead atoms. The zero-order valence-electron chi connectivity index (χ0n) is 13.7. The van der Waals surface area contributed by atoms with E-state index in [1.165, 1.54) is 0 Å². The van der Waals surface area contributed by atoms with E-state index in [9.17, 15) is 9.59 Å². The van der Waals surface area contributed by atoms with Crippen LogP contribution in [0.2, 0.25) is 0 Å². The summed E-state index contributed by atoms with van der Waals surface area (Å²) in [7, 11) is 0. The molecule has 0 saturated carbocycles. The van der Waals surface area contributed by atoms with Crippen LogP contribution in [0, 0.1) is 0 Å². The Kier molecular flexibility index (Phi) is 5.71. The molecule has 0 aromatic heterocycles. The molecule has 0 radical (unpaired) electrons. The number of halogens is 1. The molecule has 1 aliphatic heterocycles. The molecule has 6 heteroatoms. The summed E-state index contributed by atoms with van der Waals surface area (Å²) in [5, 5.41) is 0. The molecular formula is C19H19BrN2O3. The van der Waals surface area contributed by atoms with Crippen LogP contribution in [0.15, 0.2) is 59.1 Å². The van der Waals surface area contributed by atoms with Gasteiger partial charge in [0.15, 0.2) is 0 Å². The number of benzene rings is 2. The fourth-order valence-corrected chi connectivity index (χ4v) is 2.94. The average molecular weight is 403 g/mol. The van der Waals surface area contributed by atoms with E-state index in [2.05, 4.69) is 15.9 Å². The van der Waals surface area contributed by atoms with Crippen molar-refractivity contribution < 1.29 is 14.3 Å². The van der Waals surface area contributed by atoms with Gasteiger partial charge in [0.05, 0.1) is 0 Å². The van der Waals surface area contributed by atoms with E-state index in [0.29, 0.717) is 31.7 Å². The molecule has 2 amide bonds. The highest BCUT2D eigenvalue weighted by atomic mass is 79.9. The maximum atomic E-state index is 12.5. The molecule has 2 aromatic carbocycles. The van der Waals surface area contributed by atoms with Crippen LogP contribution in [-0.2, 0) is 11.3 Å². The van der Waals surface area contributed by atoms with Crippen molar-refractivity contribution in [3.63, 3.8) is 0 Å². The number of nitrogens with zero attached hydrogens (tertiary/aromatic N) is 2. The molecule has 0 unspecified atom stereocenters. The highest BCUT2D eigenvalue weighted by molar-refractivity contribution is 9.10. The van der Waals surface area contributed by atoms with Crippen LogP contribution in [0.3, 0.4) is 0 Å². The van der Waals surface area contributed by atoms with Gasteiger partial charge in [0, 0.05) is 36.2 Å². The summed E-state index contributed by atoms with van der Waals surface area (Å²) in [5.74, 6) is -0.00944. The van der Waals surface area contributed by atoms with Crippen molar-refractivity contribution >= 4 is 27.9 Å². The van der Waals surface area contributed by atoms with Crippen LogP contribution in [0.4, 0.5) is 4.79 Å². The summed E-state index contributed by atoms with van der Waals surface area (Å²) in [4.78, 5) is 28.0. The zero-order valence-corrected chi connectivity index (χ0v) is 15.3. The molecule has 3 rings (SSSR count). The molecule has 130 valence electrons. The van der Waals surface area contributed by atoms with Crippen molar-refractivity contribution in [1.82, 2.24) is 9.80 Å². The third-order valence-electron chi connectivity index (χ3n) is 4.12. The monoisotopic (exact) mass is 402 g/mol. The number of piperazine rings is 1. The third-order valence-corrected chi connectivity index (χ3v) is 4.65. The summed E-state index contributed by atoms with van der Waals surface area (Å²) in [5.41, 5.74) is 1.61. The van der Waals surface area contributed by atoms with Gasteiger partial charge in [-0.1, -0.05) is 46.3 Å². The first-order valence-electron chi connectivity index (χ1n) is 8.14. The van der Waals surface area contributed by atoms with E-state index in [0.717, 1.165) is 10.0 Å². The fourth-order valence-electron chi connectivity index (χ4n) is 2.68. The molecule has 25 heavy (non-hydrogen) atoms. The third kappa shape index (κ3) is 4.60. The lowest BCUT2D eigenvalue weighted by Crippen LogP contribution is -2.50. The lowest BCUT2D eigenvalue weighted by Gasteiger charge is -2.34. The van der Waals surface area contributed by atoms with E-state index in [-0.39, 0.29) is 18.6 Å². The Morgan fingerprint density at radius 1 is 0.880 bits per heavy atom. The molecule has 1 saturated heterocycles. The first-order chi connectivity index (χ1) is 12.1. The Bertz CT molecular complexity index is 726. The number of ether oxygens (including phenoxy) is 1. The highest BCUT2D eigenvalue weighted by Gasteiger charge is 2.25. The molecule has 0 N–H and O–H groups in total. The minimum absolute atomic E-state index is 0.00944. The van der Waals surface area contributed by atoms with Gasteiger partial charge < -0.3 is 14.5 Å². The summed E-state index contributed by atoms with van der Waals surface area (Å²) in [6.07, 6.45) is -0.334. The van der Waals surface area contributed by atoms with Crippen LogP contribution in [0.5, 0.6) is 0 Å². The second-order valence-corrected chi connectivity index (χ2v) is 6.74. The standard InChI is InChI=1S/C19H19BrN2O3/c20-17-8-6-16(7-9-17)18(23)21-10-12-22(13-11-21)19(24)25-14-15-4-2-1-3-5-15/h1-9H,10-14H2. The van der Waals surface area contributed by atoms with Gasteiger partial charge in [-0.3, -0.25) is 4.79 Å². The minimum Gasteiger partial charge on any atom is -0.445 e. The maximum absolute atomic E-state index is 12.5. The summed E-state index contributed by atoms with van der Waals surface area (Å²) < 4.78 is 6.28. The lowest BCUT2D eigenvalue weighted by molar-refractivity contribution is 0.0544. The molecule has 0 atom stereocenters. The van der Waals surface area contributed by atoms with Gasteiger partial charge in [-0.2, -0.15) is 0 Å². The number of hydrogen-bond donors (Lipinski definition) is 0. The summed E-state index contributed by atoms with van der Waals surface area (Å²) in [6.45, 7) is 2.24. The second kappa shape index (κ2) is 8.16. The molecule has 0 spiro atoms. The van der Waals surface area contributed by atoms with Crippen molar-refractivity contribution in [2.45, 2.75) is 6.61 Å². The van der Waals surface area contributed by atoms with E-state index in [4.69, 9.17) is 4.74 Å². The predicted octanol–water partition coefficient (Wildman–Crippen LogP) is 3.54. The van der Waals surface area contributed by atoms with Gasteiger partial charge in [0.2, 0.25) is 0 Å². The van der Waals surface area contributed by atoms with E-state index in [1.54, 1.807) is 21.9 Å². The highest BCUT2D eigenvalue weighted by Crippen LogP contribution is 2.14. The summed E-state index contributed by atoms with van der Waals surface area (Å²) >= 11 is 3.36. The van der Waals surface area contributed by atoms with Gasteiger partial charge in [-0.05, 0) is 29.8 Å². The Morgan fingerprint density at radius 2 is 1.48 bits per heavy atom. The van der Waals surface area contributed by atoms with Crippen LogP contribution < -0.4 is 0 Å². The van der Waals surface area contributed by atoms with Gasteiger partial charge >= 0.3 is 6.09 Å². The Labute approximate surface area is 155 Å². The van der Waals surface area contributed by atoms with Gasteiger partial charge in [0.1, 0.15) is 6.61 Å². The Hall–Kier alpha value is -2.34. The molecule has 2 aromatic rings. The number of hydrogen-bond acceptors (Lipinski definition) is 3. The number of amides is 2. The maximum Gasteiger partial charge on any atom is 0.410 e. The van der Waals surface area contributed by atoms with Crippen molar-refractivity contribution in [3.8, 4) is 0 Å². The first-order valence-corrected chi connectivity index (χ1v) is 8.93. The average Bonchev–Trinajstić information content (AvgIpc) is 2.67. The second-order valence-electron chi connectivity index (χ2n) is 5.83. The van der Waals surface area contributed by atoms with Gasteiger partial charge in [-0.15, -0.1) is 0 Å². The number of rotatable bonds is 3. The van der Waals surface area contributed by atoms with Crippen molar-refractivity contribution in [2.75, 3.05) is 26.2 Å². The van der Waals surface area contributed by atoms with Gasteiger partial charge in [-0.25, -0.2) is 4.79 Å². The molecular weight excluding hydrogens is 384 g/mol. The van der Waals surface area contributed by atoms with Crippen molar-refractivity contribution in [3.05, 3.63) is 70.2 Å². The molecule has 1 fully saturated rings. The minimum atomic E-state index is -0.334. The lowest BCUT2D eigenvalue weighted by atomic mass is 10.2. The normalized spacial score (nSPS) is 14.3. The first kappa shape index (κ1) is 17.5. The van der Waals surface area contributed by atoms with E-state index < -0.39 is 0 Å². The number of carbonyl (C=O) groups excluding carboxylic acids is 2. The van der Waals surface area contributed by atoms with Crippen molar-refractivity contribution in [1.29, 1.82) is 0 Å². The molecule has 1 aliphatic rings. The van der Waals surface area contributed by atoms with Crippen molar-refractivity contribution in [2.24, 2.45) is 0 Å². The van der Waals surface area contributed by atoms with E-state index >= 15 is 0 Å². The fraction of sp³-hybridized carbons (Fsp3) is 0.263. The molecule has 5 nitrogen and oxygen atoms in total. The van der Waals surface area contributed by atoms with Crippen LogP contribution in [0.1, 0.15) is 15.9 Å². The zero-order chi connectivity index (χ0) is 17.6. The van der Waals surface area contributed by atoms with Gasteiger partial charge in [0.25, 0.3) is 5.91 Å². The van der Waals surface area contributed by atoms with E-state index in [1.807, 2.05) is 42.5 Å².